The van der Waals surface area contributed by atoms with Crippen molar-refractivity contribution in [3.05, 3.63) is 28.8 Å². The number of rotatable bonds is 4. The minimum absolute atomic E-state index is 0. The van der Waals surface area contributed by atoms with Crippen LogP contribution in [0.4, 0.5) is 5.69 Å². The summed E-state index contributed by atoms with van der Waals surface area (Å²) >= 11 is 6.16. The molecule has 1 fully saturated rings. The molecule has 134 valence electrons. The quantitative estimate of drug-likeness (QED) is 0.758. The Balaban J connectivity index is 0.00000288. The molecule has 24 heavy (non-hydrogen) atoms. The van der Waals surface area contributed by atoms with Crippen LogP contribution in [0.15, 0.2) is 18.2 Å². The van der Waals surface area contributed by atoms with Gasteiger partial charge in [0.25, 0.3) is 5.91 Å². The lowest BCUT2D eigenvalue weighted by Crippen LogP contribution is -2.51. The number of carbonyl (C=O) groups excluding carboxylic acids is 2. The predicted octanol–water partition coefficient (Wildman–Crippen LogP) is 3.23. The molecule has 2 atom stereocenters. The Labute approximate surface area is 154 Å². The molecule has 7 heteroatoms. The highest BCUT2D eigenvalue weighted by Gasteiger charge is 2.24. The largest absolute Gasteiger partial charge is 0.348 e. The van der Waals surface area contributed by atoms with E-state index in [0.29, 0.717) is 16.3 Å². The van der Waals surface area contributed by atoms with Crippen molar-refractivity contribution >= 4 is 41.5 Å². The molecule has 0 bridgehead atoms. The third-order valence-corrected chi connectivity index (χ3v) is 4.41. The van der Waals surface area contributed by atoms with Crippen molar-refractivity contribution < 1.29 is 9.59 Å². The van der Waals surface area contributed by atoms with E-state index in [2.05, 4.69) is 22.9 Å². The maximum Gasteiger partial charge on any atom is 0.253 e. The van der Waals surface area contributed by atoms with Crippen molar-refractivity contribution in [2.75, 3.05) is 11.9 Å². The van der Waals surface area contributed by atoms with Gasteiger partial charge in [-0.1, -0.05) is 25.4 Å². The Hall–Kier alpha value is -1.30. The van der Waals surface area contributed by atoms with Gasteiger partial charge in [-0.05, 0) is 44.5 Å². The molecule has 1 aliphatic heterocycles. The second-order valence-electron chi connectivity index (χ2n) is 6.30. The molecule has 3 N–H and O–H groups in total. The van der Waals surface area contributed by atoms with Crippen molar-refractivity contribution in [2.45, 2.75) is 45.7 Å². The van der Waals surface area contributed by atoms with Gasteiger partial charge in [0.05, 0.1) is 10.6 Å². The van der Waals surface area contributed by atoms with Crippen molar-refractivity contribution in [1.82, 2.24) is 10.6 Å². The number of hydrogen-bond donors (Lipinski definition) is 3. The predicted molar refractivity (Wildman–Crippen MR) is 100 cm³/mol. The molecule has 1 heterocycles. The average molecular weight is 374 g/mol. The lowest BCUT2D eigenvalue weighted by Gasteiger charge is -2.30. The van der Waals surface area contributed by atoms with E-state index in [-0.39, 0.29) is 42.2 Å². The molecule has 2 rings (SSSR count). The van der Waals surface area contributed by atoms with E-state index in [1.165, 1.54) is 0 Å². The summed E-state index contributed by atoms with van der Waals surface area (Å²) in [7, 11) is 0. The van der Waals surface area contributed by atoms with E-state index in [9.17, 15) is 9.59 Å². The number of benzene rings is 1. The van der Waals surface area contributed by atoms with E-state index in [1.807, 2.05) is 13.8 Å². The van der Waals surface area contributed by atoms with Crippen molar-refractivity contribution in [3.8, 4) is 0 Å². The van der Waals surface area contributed by atoms with Crippen LogP contribution >= 0.6 is 24.0 Å². The normalized spacial score (nSPS) is 20.2. The molecule has 0 saturated carbocycles. The number of nitrogens with one attached hydrogen (secondary N) is 3. The van der Waals surface area contributed by atoms with Crippen LogP contribution in [-0.2, 0) is 4.79 Å². The van der Waals surface area contributed by atoms with Gasteiger partial charge in [0.2, 0.25) is 5.91 Å². The number of anilines is 1. The maximum absolute atomic E-state index is 12.5. The second kappa shape index (κ2) is 9.25. The van der Waals surface area contributed by atoms with Gasteiger partial charge in [-0.3, -0.25) is 9.59 Å². The van der Waals surface area contributed by atoms with E-state index in [1.54, 1.807) is 18.2 Å². The van der Waals surface area contributed by atoms with Gasteiger partial charge < -0.3 is 16.0 Å². The zero-order valence-electron chi connectivity index (χ0n) is 14.2. The van der Waals surface area contributed by atoms with Gasteiger partial charge in [-0.25, -0.2) is 0 Å². The third kappa shape index (κ3) is 5.36. The lowest BCUT2D eigenvalue weighted by molar-refractivity contribution is -0.118. The fraction of sp³-hybridized carbons (Fsp3) is 0.529. The van der Waals surface area contributed by atoms with E-state index >= 15 is 0 Å². The Kier molecular flexibility index (Phi) is 8.00. The lowest BCUT2D eigenvalue weighted by atomic mass is 9.99. The van der Waals surface area contributed by atoms with Gasteiger partial charge >= 0.3 is 0 Å². The standard InChI is InChI=1S/C17H24ClN3O2.ClH/c1-10(2)16(22)20-12-6-7-14(18)13(9-12)17(23)21-15-5-4-8-19-11(15)3;/h6-7,9-11,15,19H,4-5,8H2,1-3H3,(H,20,22)(H,21,23);1H. The SMILES string of the molecule is CC(C)C(=O)Nc1ccc(Cl)c(C(=O)NC2CCCNC2C)c1.Cl. The van der Waals surface area contributed by atoms with Gasteiger partial charge in [0.15, 0.2) is 0 Å². The summed E-state index contributed by atoms with van der Waals surface area (Å²) < 4.78 is 0. The number of piperidine rings is 1. The molecule has 1 aromatic carbocycles. The number of hydrogen-bond acceptors (Lipinski definition) is 3. The zero-order valence-corrected chi connectivity index (χ0v) is 15.8. The van der Waals surface area contributed by atoms with Gasteiger partial charge in [-0.15, -0.1) is 12.4 Å². The van der Waals surface area contributed by atoms with Crippen molar-refractivity contribution in [3.63, 3.8) is 0 Å². The summed E-state index contributed by atoms with van der Waals surface area (Å²) in [5, 5.41) is 9.54. The molecular formula is C17H25Cl2N3O2. The van der Waals surface area contributed by atoms with E-state index in [0.717, 1.165) is 19.4 Å². The number of amides is 2. The Morgan fingerprint density at radius 1 is 1.33 bits per heavy atom. The zero-order chi connectivity index (χ0) is 17.0. The van der Waals surface area contributed by atoms with Crippen LogP contribution < -0.4 is 16.0 Å². The molecule has 2 unspecified atom stereocenters. The summed E-state index contributed by atoms with van der Waals surface area (Å²) in [5.74, 6) is -0.433. The Morgan fingerprint density at radius 3 is 2.67 bits per heavy atom. The Bertz CT molecular complexity index is 593. The number of halogens is 2. The highest BCUT2D eigenvalue weighted by molar-refractivity contribution is 6.34. The monoisotopic (exact) mass is 373 g/mol. The minimum atomic E-state index is -0.212. The first-order valence-corrected chi connectivity index (χ1v) is 8.41. The third-order valence-electron chi connectivity index (χ3n) is 4.08. The van der Waals surface area contributed by atoms with Crippen molar-refractivity contribution in [2.24, 2.45) is 5.92 Å². The van der Waals surface area contributed by atoms with Crippen LogP contribution in [0.5, 0.6) is 0 Å². The summed E-state index contributed by atoms with van der Waals surface area (Å²) in [6, 6.07) is 5.27. The van der Waals surface area contributed by atoms with Gasteiger partial charge in [0.1, 0.15) is 0 Å². The minimum Gasteiger partial charge on any atom is -0.348 e. The summed E-state index contributed by atoms with van der Waals surface area (Å²) in [6.45, 7) is 6.67. The molecule has 2 amide bonds. The Morgan fingerprint density at radius 2 is 2.04 bits per heavy atom. The van der Waals surface area contributed by atoms with Crippen LogP contribution in [0.1, 0.15) is 44.0 Å². The molecular weight excluding hydrogens is 349 g/mol. The molecule has 1 saturated heterocycles. The van der Waals surface area contributed by atoms with Crippen LogP contribution in [-0.4, -0.2) is 30.4 Å². The molecule has 0 radical (unpaired) electrons. The van der Waals surface area contributed by atoms with Gasteiger partial charge in [-0.2, -0.15) is 0 Å². The molecule has 0 spiro atoms. The molecule has 0 aliphatic carbocycles. The second-order valence-corrected chi connectivity index (χ2v) is 6.71. The van der Waals surface area contributed by atoms with Crippen LogP contribution in [0.2, 0.25) is 5.02 Å². The summed E-state index contributed by atoms with van der Waals surface area (Å²) in [5.41, 5.74) is 0.957. The number of carbonyl (C=O) groups is 2. The van der Waals surface area contributed by atoms with E-state index in [4.69, 9.17) is 11.6 Å². The molecule has 1 aromatic rings. The fourth-order valence-corrected chi connectivity index (χ4v) is 2.75. The van der Waals surface area contributed by atoms with E-state index < -0.39 is 0 Å². The summed E-state index contributed by atoms with van der Waals surface area (Å²) in [6.07, 6.45) is 1.98. The first-order valence-electron chi connectivity index (χ1n) is 8.03. The van der Waals surface area contributed by atoms with Gasteiger partial charge in [0, 0.05) is 23.7 Å². The first-order chi connectivity index (χ1) is 10.9. The summed E-state index contributed by atoms with van der Waals surface area (Å²) in [4.78, 5) is 24.3. The molecule has 1 aliphatic rings. The average Bonchev–Trinajstić information content (AvgIpc) is 2.51. The van der Waals surface area contributed by atoms with Crippen molar-refractivity contribution in [1.29, 1.82) is 0 Å². The molecule has 5 nitrogen and oxygen atoms in total. The van der Waals surface area contributed by atoms with Crippen LogP contribution in [0, 0.1) is 5.92 Å². The highest BCUT2D eigenvalue weighted by atomic mass is 35.5. The fourth-order valence-electron chi connectivity index (χ4n) is 2.55. The first kappa shape index (κ1) is 20.7. The van der Waals surface area contributed by atoms with Crippen LogP contribution in [0.3, 0.4) is 0 Å². The topological polar surface area (TPSA) is 70.2 Å². The maximum atomic E-state index is 12.5. The molecule has 0 aromatic heterocycles. The van der Waals surface area contributed by atoms with Crippen LogP contribution in [0.25, 0.3) is 0 Å². The highest BCUT2D eigenvalue weighted by Crippen LogP contribution is 2.22. The smallest absolute Gasteiger partial charge is 0.253 e.